The fourth-order valence-electron chi connectivity index (χ4n) is 2.29. The number of aliphatic hydroxyl groups excluding tert-OH is 3. The van der Waals surface area contributed by atoms with Crippen LogP contribution in [0.25, 0.3) is 0 Å². The molecule has 24 heavy (non-hydrogen) atoms. The van der Waals surface area contributed by atoms with Crippen molar-refractivity contribution in [2.75, 3.05) is 31.2 Å². The summed E-state index contributed by atoms with van der Waals surface area (Å²) >= 11 is 1.63. The maximum atomic E-state index is 11.8. The average Bonchev–Trinajstić information content (AvgIpc) is 2.55. The number of hydrogen-bond donors (Lipinski definition) is 4. The number of carbonyl (C=O) groups excluding carboxylic acids is 2. The van der Waals surface area contributed by atoms with Gasteiger partial charge in [0.1, 0.15) is 18.3 Å². The van der Waals surface area contributed by atoms with Gasteiger partial charge >= 0.3 is 0 Å². The number of nitrogens with one attached hydrogen (secondary N) is 1. The van der Waals surface area contributed by atoms with Crippen molar-refractivity contribution >= 4 is 23.6 Å². The Hall–Kier alpha value is -1.13. The van der Waals surface area contributed by atoms with Crippen molar-refractivity contribution in [2.45, 2.75) is 37.9 Å². The van der Waals surface area contributed by atoms with E-state index in [9.17, 15) is 24.9 Å². The van der Waals surface area contributed by atoms with Crippen LogP contribution in [0.3, 0.4) is 0 Å². The van der Waals surface area contributed by atoms with Crippen molar-refractivity contribution in [3.8, 4) is 0 Å². The number of nitrogens with zero attached hydrogens (tertiary/aromatic N) is 1. The number of hydrogen-bond acceptors (Lipinski definition) is 7. The Balaban J connectivity index is 2.33. The van der Waals surface area contributed by atoms with Gasteiger partial charge in [0.05, 0.1) is 6.61 Å². The summed E-state index contributed by atoms with van der Waals surface area (Å²) in [6.45, 7) is 5.50. The zero-order valence-corrected chi connectivity index (χ0v) is 14.6. The lowest BCUT2D eigenvalue weighted by molar-refractivity contribution is -0.227. The Bertz CT molecular complexity index is 436. The topological polar surface area (TPSA) is 119 Å². The Morgan fingerprint density at radius 1 is 1.33 bits per heavy atom. The van der Waals surface area contributed by atoms with Gasteiger partial charge in [-0.25, -0.2) is 0 Å². The predicted molar refractivity (Wildman–Crippen MR) is 90.3 cm³/mol. The summed E-state index contributed by atoms with van der Waals surface area (Å²) < 4.78 is 5.31. The van der Waals surface area contributed by atoms with Crippen LogP contribution in [0.15, 0.2) is 12.7 Å². The number of amides is 2. The Labute approximate surface area is 145 Å². The Morgan fingerprint density at radius 3 is 2.67 bits per heavy atom. The van der Waals surface area contributed by atoms with Crippen molar-refractivity contribution in [1.82, 2.24) is 10.2 Å². The minimum absolute atomic E-state index is 0.134. The van der Waals surface area contributed by atoms with E-state index in [2.05, 4.69) is 11.9 Å². The maximum Gasteiger partial charge on any atom is 0.243 e. The molecule has 8 nitrogen and oxygen atoms in total. The summed E-state index contributed by atoms with van der Waals surface area (Å²) in [4.78, 5) is 24.1. The minimum atomic E-state index is -1.35. The van der Waals surface area contributed by atoms with Crippen LogP contribution in [-0.2, 0) is 14.3 Å². The van der Waals surface area contributed by atoms with Crippen LogP contribution in [0.1, 0.15) is 13.3 Å². The van der Waals surface area contributed by atoms with Gasteiger partial charge in [0.2, 0.25) is 11.8 Å². The lowest BCUT2D eigenvalue weighted by atomic mass is 10.0. The average molecular weight is 362 g/mol. The van der Waals surface area contributed by atoms with E-state index in [-0.39, 0.29) is 18.4 Å². The molecule has 0 aromatic carbocycles. The van der Waals surface area contributed by atoms with Crippen LogP contribution >= 0.6 is 11.8 Å². The molecule has 2 amide bonds. The fourth-order valence-corrected chi connectivity index (χ4v) is 3.07. The largest absolute Gasteiger partial charge is 0.388 e. The summed E-state index contributed by atoms with van der Waals surface area (Å²) in [5.74, 6) is 1.03. The standard InChI is InChI=1S/C15H26N2O6S/c1-3-12(20)16-5-8-24-7-4-6-17(10(2)18)15-14(22)13(21)11(19)9-23-15/h3,11,13-15,19,21-22H,1,4-9H2,2H3,(H,16,20). The van der Waals surface area contributed by atoms with Crippen molar-refractivity contribution < 1.29 is 29.6 Å². The molecule has 0 saturated carbocycles. The van der Waals surface area contributed by atoms with Gasteiger partial charge in [-0.15, -0.1) is 0 Å². The number of carbonyl (C=O) groups is 2. The summed E-state index contributed by atoms with van der Waals surface area (Å²) in [5, 5.41) is 31.8. The maximum absolute atomic E-state index is 11.8. The number of rotatable bonds is 9. The summed E-state index contributed by atoms with van der Waals surface area (Å²) in [7, 11) is 0. The second-order valence-electron chi connectivity index (χ2n) is 5.45. The molecule has 1 aliphatic heterocycles. The lowest BCUT2D eigenvalue weighted by Crippen LogP contribution is -2.60. The van der Waals surface area contributed by atoms with Gasteiger partial charge in [0, 0.05) is 25.8 Å². The molecular formula is C15H26N2O6S. The molecule has 9 heteroatoms. The Morgan fingerprint density at radius 2 is 2.04 bits per heavy atom. The number of ether oxygens (including phenoxy) is 1. The third-order valence-corrected chi connectivity index (χ3v) is 4.67. The van der Waals surface area contributed by atoms with E-state index < -0.39 is 24.5 Å². The first-order chi connectivity index (χ1) is 11.4. The first kappa shape index (κ1) is 20.9. The second-order valence-corrected chi connectivity index (χ2v) is 6.67. The molecule has 1 saturated heterocycles. The zero-order chi connectivity index (χ0) is 18.1. The zero-order valence-electron chi connectivity index (χ0n) is 13.8. The highest BCUT2D eigenvalue weighted by molar-refractivity contribution is 7.99. The summed E-state index contributed by atoms with van der Waals surface area (Å²) in [6.07, 6.45) is -2.92. The highest BCUT2D eigenvalue weighted by atomic mass is 32.2. The molecule has 1 aliphatic rings. The van der Waals surface area contributed by atoms with Crippen LogP contribution in [0.2, 0.25) is 0 Å². The molecular weight excluding hydrogens is 336 g/mol. The minimum Gasteiger partial charge on any atom is -0.388 e. The Kier molecular flexibility index (Phi) is 9.30. The molecule has 0 aromatic rings. The van der Waals surface area contributed by atoms with Crippen LogP contribution in [0.4, 0.5) is 0 Å². The molecule has 0 bridgehead atoms. The highest BCUT2D eigenvalue weighted by Gasteiger charge is 2.41. The van der Waals surface area contributed by atoms with Crippen molar-refractivity contribution in [3.05, 3.63) is 12.7 Å². The molecule has 138 valence electrons. The van der Waals surface area contributed by atoms with E-state index in [4.69, 9.17) is 4.74 Å². The van der Waals surface area contributed by atoms with Gasteiger partial charge in [-0.05, 0) is 18.2 Å². The van der Waals surface area contributed by atoms with Crippen LogP contribution in [0, 0.1) is 0 Å². The van der Waals surface area contributed by atoms with Gasteiger partial charge in [0.25, 0.3) is 0 Å². The highest BCUT2D eigenvalue weighted by Crippen LogP contribution is 2.19. The third kappa shape index (κ3) is 6.40. The van der Waals surface area contributed by atoms with Crippen molar-refractivity contribution in [1.29, 1.82) is 0 Å². The van der Waals surface area contributed by atoms with E-state index in [0.717, 1.165) is 11.5 Å². The molecule has 0 spiro atoms. The smallest absolute Gasteiger partial charge is 0.243 e. The normalized spacial score (nSPS) is 26.7. The van der Waals surface area contributed by atoms with Gasteiger partial charge in [-0.2, -0.15) is 11.8 Å². The van der Waals surface area contributed by atoms with Gasteiger partial charge in [0.15, 0.2) is 6.23 Å². The molecule has 1 fully saturated rings. The van der Waals surface area contributed by atoms with Crippen molar-refractivity contribution in [2.24, 2.45) is 0 Å². The summed E-state index contributed by atoms with van der Waals surface area (Å²) in [6, 6.07) is 0. The molecule has 4 unspecified atom stereocenters. The molecule has 1 rings (SSSR count). The van der Waals surface area contributed by atoms with E-state index >= 15 is 0 Å². The monoisotopic (exact) mass is 362 g/mol. The molecule has 0 aliphatic carbocycles. The first-order valence-corrected chi connectivity index (χ1v) is 8.95. The summed E-state index contributed by atoms with van der Waals surface area (Å²) in [5.41, 5.74) is 0. The SMILES string of the molecule is C=CC(=O)NCCSCCCN(C(C)=O)C1OCC(O)C(O)C1O. The van der Waals surface area contributed by atoms with E-state index in [0.29, 0.717) is 19.5 Å². The molecule has 1 heterocycles. The molecule has 4 N–H and O–H groups in total. The predicted octanol–water partition coefficient (Wildman–Crippen LogP) is -1.30. The fraction of sp³-hybridized carbons (Fsp3) is 0.733. The van der Waals surface area contributed by atoms with Crippen LogP contribution in [-0.4, -0.2) is 87.8 Å². The van der Waals surface area contributed by atoms with Gasteiger partial charge in [-0.3, -0.25) is 9.59 Å². The van der Waals surface area contributed by atoms with Gasteiger partial charge in [-0.1, -0.05) is 6.58 Å². The van der Waals surface area contributed by atoms with E-state index in [1.165, 1.54) is 17.9 Å². The van der Waals surface area contributed by atoms with Crippen LogP contribution in [0.5, 0.6) is 0 Å². The van der Waals surface area contributed by atoms with Crippen LogP contribution < -0.4 is 5.32 Å². The van der Waals surface area contributed by atoms with Gasteiger partial charge < -0.3 is 30.3 Å². The quantitative estimate of drug-likeness (QED) is 0.297. The van der Waals surface area contributed by atoms with Crippen molar-refractivity contribution in [3.63, 3.8) is 0 Å². The molecule has 4 atom stereocenters. The number of aliphatic hydroxyl groups is 3. The third-order valence-electron chi connectivity index (χ3n) is 3.60. The number of thioether (sulfide) groups is 1. The first-order valence-electron chi connectivity index (χ1n) is 7.79. The molecule has 0 radical (unpaired) electrons. The van der Waals surface area contributed by atoms with E-state index in [1.807, 2.05) is 0 Å². The molecule has 0 aromatic heterocycles. The lowest BCUT2D eigenvalue weighted by Gasteiger charge is -2.41. The van der Waals surface area contributed by atoms with E-state index in [1.54, 1.807) is 11.8 Å². The second kappa shape index (κ2) is 10.7.